The van der Waals surface area contributed by atoms with Crippen molar-refractivity contribution in [1.82, 2.24) is 9.55 Å². The highest BCUT2D eigenvalue weighted by Crippen LogP contribution is 2.22. The van der Waals surface area contributed by atoms with Gasteiger partial charge >= 0.3 is 0 Å². The summed E-state index contributed by atoms with van der Waals surface area (Å²) >= 11 is 0. The van der Waals surface area contributed by atoms with Crippen LogP contribution in [0.15, 0.2) is 53.6 Å². The van der Waals surface area contributed by atoms with Crippen LogP contribution in [0, 0.1) is 0 Å². The molecule has 0 spiro atoms. The number of nitrogens with one attached hydrogen (secondary N) is 1. The summed E-state index contributed by atoms with van der Waals surface area (Å²) in [4.78, 5) is 29.2. The van der Waals surface area contributed by atoms with Gasteiger partial charge in [-0.25, -0.2) is 4.98 Å². The van der Waals surface area contributed by atoms with E-state index in [-0.39, 0.29) is 17.9 Å². The van der Waals surface area contributed by atoms with Gasteiger partial charge in [-0.2, -0.15) is 0 Å². The standard InChI is InChI=1S/C21H23N3O2/c1-3-15-8-7-9-16(4-2)20(15)23-19(25)12-13-24-14-22-18-11-6-5-10-17(18)21(24)26/h5-11,14H,3-4,12-13H2,1-2H3,(H,23,25). The van der Waals surface area contributed by atoms with E-state index >= 15 is 0 Å². The average Bonchev–Trinajstić information content (AvgIpc) is 2.68. The van der Waals surface area contributed by atoms with Gasteiger partial charge in [-0.3, -0.25) is 14.2 Å². The van der Waals surface area contributed by atoms with E-state index < -0.39 is 0 Å². The second kappa shape index (κ2) is 7.95. The van der Waals surface area contributed by atoms with E-state index in [1.807, 2.05) is 36.4 Å². The number of fused-ring (bicyclic) bond motifs is 1. The number of benzene rings is 2. The Labute approximate surface area is 152 Å². The van der Waals surface area contributed by atoms with Gasteiger partial charge in [0.15, 0.2) is 0 Å². The first kappa shape index (κ1) is 17.9. The Morgan fingerprint density at radius 2 is 1.73 bits per heavy atom. The van der Waals surface area contributed by atoms with Gasteiger partial charge < -0.3 is 5.32 Å². The third kappa shape index (κ3) is 3.67. The van der Waals surface area contributed by atoms with Gasteiger partial charge in [0.25, 0.3) is 5.56 Å². The number of para-hydroxylation sites is 2. The SMILES string of the molecule is CCc1cccc(CC)c1NC(=O)CCn1cnc2ccccc2c1=O. The first-order valence-corrected chi connectivity index (χ1v) is 8.98. The number of anilines is 1. The van der Waals surface area contributed by atoms with Crippen molar-refractivity contribution < 1.29 is 4.79 Å². The van der Waals surface area contributed by atoms with Crippen LogP contribution < -0.4 is 10.9 Å². The lowest BCUT2D eigenvalue weighted by Gasteiger charge is -2.14. The molecule has 0 aliphatic rings. The summed E-state index contributed by atoms with van der Waals surface area (Å²) in [7, 11) is 0. The third-order valence-corrected chi connectivity index (χ3v) is 4.57. The monoisotopic (exact) mass is 349 g/mol. The van der Waals surface area contributed by atoms with Crippen LogP contribution in [0.1, 0.15) is 31.4 Å². The lowest BCUT2D eigenvalue weighted by Crippen LogP contribution is -2.24. The van der Waals surface area contributed by atoms with Crippen LogP contribution in [-0.4, -0.2) is 15.5 Å². The molecule has 0 radical (unpaired) electrons. The topological polar surface area (TPSA) is 64.0 Å². The van der Waals surface area contributed by atoms with E-state index in [2.05, 4.69) is 24.1 Å². The van der Waals surface area contributed by atoms with Gasteiger partial charge in [0.05, 0.1) is 17.2 Å². The number of nitrogens with zero attached hydrogens (tertiary/aromatic N) is 2. The van der Waals surface area contributed by atoms with Crippen molar-refractivity contribution >= 4 is 22.5 Å². The molecule has 0 bridgehead atoms. The minimum Gasteiger partial charge on any atom is -0.326 e. The highest BCUT2D eigenvalue weighted by molar-refractivity contribution is 5.92. The van der Waals surface area contributed by atoms with Gasteiger partial charge in [-0.15, -0.1) is 0 Å². The van der Waals surface area contributed by atoms with Crippen LogP contribution in [-0.2, 0) is 24.2 Å². The number of carbonyl (C=O) groups excluding carboxylic acids is 1. The lowest BCUT2D eigenvalue weighted by molar-refractivity contribution is -0.116. The van der Waals surface area contributed by atoms with Crippen molar-refractivity contribution in [3.63, 3.8) is 0 Å². The normalized spacial score (nSPS) is 10.8. The Kier molecular flexibility index (Phi) is 5.46. The Morgan fingerprint density at radius 3 is 2.42 bits per heavy atom. The Balaban J connectivity index is 1.74. The maximum Gasteiger partial charge on any atom is 0.261 e. The maximum atomic E-state index is 12.5. The number of amides is 1. The van der Waals surface area contributed by atoms with Crippen molar-refractivity contribution in [3.05, 3.63) is 70.3 Å². The minimum absolute atomic E-state index is 0.0966. The molecule has 5 nitrogen and oxygen atoms in total. The zero-order valence-corrected chi connectivity index (χ0v) is 15.2. The molecule has 1 aromatic heterocycles. The fourth-order valence-corrected chi connectivity index (χ4v) is 3.09. The molecule has 2 aromatic carbocycles. The molecule has 1 amide bonds. The molecule has 26 heavy (non-hydrogen) atoms. The molecular formula is C21H23N3O2. The predicted molar refractivity (Wildman–Crippen MR) is 104 cm³/mol. The van der Waals surface area contributed by atoms with E-state index in [9.17, 15) is 9.59 Å². The zero-order valence-electron chi connectivity index (χ0n) is 15.2. The number of aryl methyl sites for hydroxylation is 3. The predicted octanol–water partition coefficient (Wildman–Crippen LogP) is 3.55. The van der Waals surface area contributed by atoms with E-state index in [4.69, 9.17) is 0 Å². The molecule has 0 atom stereocenters. The molecule has 3 aromatic rings. The van der Waals surface area contributed by atoms with E-state index in [0.29, 0.717) is 17.4 Å². The molecule has 1 heterocycles. The smallest absolute Gasteiger partial charge is 0.261 e. The summed E-state index contributed by atoms with van der Waals surface area (Å²) in [5.74, 6) is -0.0966. The number of hydrogen-bond donors (Lipinski definition) is 1. The fraction of sp³-hybridized carbons (Fsp3) is 0.286. The molecule has 0 fully saturated rings. The summed E-state index contributed by atoms with van der Waals surface area (Å²) < 4.78 is 1.49. The van der Waals surface area contributed by atoms with Gasteiger partial charge in [0, 0.05) is 18.7 Å². The molecular weight excluding hydrogens is 326 g/mol. The molecule has 0 saturated carbocycles. The Hall–Kier alpha value is -2.95. The third-order valence-electron chi connectivity index (χ3n) is 4.57. The number of aromatic nitrogens is 2. The fourth-order valence-electron chi connectivity index (χ4n) is 3.09. The summed E-state index contributed by atoms with van der Waals surface area (Å²) in [6.45, 7) is 4.45. The van der Waals surface area contributed by atoms with Crippen molar-refractivity contribution in [1.29, 1.82) is 0 Å². The molecule has 0 saturated heterocycles. The van der Waals surface area contributed by atoms with Gasteiger partial charge in [-0.1, -0.05) is 44.2 Å². The average molecular weight is 349 g/mol. The van der Waals surface area contributed by atoms with Crippen LogP contribution in [0.3, 0.4) is 0 Å². The second-order valence-electron chi connectivity index (χ2n) is 6.22. The molecule has 0 aliphatic carbocycles. The number of carbonyl (C=O) groups is 1. The summed E-state index contributed by atoms with van der Waals surface area (Å²) in [5.41, 5.74) is 3.71. The number of rotatable bonds is 6. The van der Waals surface area contributed by atoms with Crippen LogP contribution >= 0.6 is 0 Å². The van der Waals surface area contributed by atoms with Crippen molar-refractivity contribution in [2.45, 2.75) is 39.7 Å². The van der Waals surface area contributed by atoms with Gasteiger partial charge in [0.2, 0.25) is 5.91 Å². The number of hydrogen-bond acceptors (Lipinski definition) is 3. The van der Waals surface area contributed by atoms with Crippen LogP contribution in [0.2, 0.25) is 0 Å². The summed E-state index contributed by atoms with van der Waals surface area (Å²) in [6.07, 6.45) is 3.45. The van der Waals surface area contributed by atoms with E-state index in [1.165, 1.54) is 10.9 Å². The van der Waals surface area contributed by atoms with Gasteiger partial charge in [0.1, 0.15) is 0 Å². The quantitative estimate of drug-likeness (QED) is 0.740. The summed E-state index contributed by atoms with van der Waals surface area (Å²) in [6, 6.07) is 13.3. The first-order chi connectivity index (χ1) is 12.6. The Bertz CT molecular complexity index is 970. The van der Waals surface area contributed by atoms with Crippen LogP contribution in [0.4, 0.5) is 5.69 Å². The molecule has 3 rings (SSSR count). The largest absolute Gasteiger partial charge is 0.326 e. The van der Waals surface area contributed by atoms with E-state index in [1.54, 1.807) is 6.07 Å². The van der Waals surface area contributed by atoms with Crippen LogP contribution in [0.25, 0.3) is 10.9 Å². The van der Waals surface area contributed by atoms with Crippen molar-refractivity contribution in [2.75, 3.05) is 5.32 Å². The highest BCUT2D eigenvalue weighted by Gasteiger charge is 2.11. The first-order valence-electron chi connectivity index (χ1n) is 8.98. The minimum atomic E-state index is -0.119. The lowest BCUT2D eigenvalue weighted by atomic mass is 10.0. The summed E-state index contributed by atoms with van der Waals surface area (Å²) in [5, 5.41) is 3.60. The maximum absolute atomic E-state index is 12.5. The molecule has 1 N–H and O–H groups in total. The molecule has 0 unspecified atom stereocenters. The van der Waals surface area contributed by atoms with Crippen molar-refractivity contribution in [3.8, 4) is 0 Å². The molecule has 5 heteroatoms. The highest BCUT2D eigenvalue weighted by atomic mass is 16.2. The zero-order chi connectivity index (χ0) is 18.5. The molecule has 0 aliphatic heterocycles. The van der Waals surface area contributed by atoms with E-state index in [0.717, 1.165) is 29.7 Å². The Morgan fingerprint density at radius 1 is 1.04 bits per heavy atom. The van der Waals surface area contributed by atoms with Gasteiger partial charge in [-0.05, 0) is 36.1 Å². The second-order valence-corrected chi connectivity index (χ2v) is 6.22. The molecule has 134 valence electrons. The van der Waals surface area contributed by atoms with Crippen molar-refractivity contribution in [2.24, 2.45) is 0 Å². The van der Waals surface area contributed by atoms with Crippen LogP contribution in [0.5, 0.6) is 0 Å².